The molecule has 0 saturated heterocycles. The summed E-state index contributed by atoms with van der Waals surface area (Å²) >= 11 is 11.6. The van der Waals surface area contributed by atoms with Gasteiger partial charge in [0, 0.05) is 10.7 Å². The van der Waals surface area contributed by atoms with E-state index in [9.17, 15) is 18.0 Å². The average molecular weight is 417 g/mol. The highest BCUT2D eigenvalue weighted by Crippen LogP contribution is 2.24. The summed E-state index contributed by atoms with van der Waals surface area (Å²) in [5, 5.41) is 2.68. The van der Waals surface area contributed by atoms with Crippen molar-refractivity contribution >= 4 is 50.8 Å². The maximum atomic E-state index is 12.2. The van der Waals surface area contributed by atoms with E-state index in [1.807, 2.05) is 0 Å². The number of hydrogen-bond donors (Lipinski definition) is 2. The molecular formula is C16H14Cl2N2O5S. The van der Waals surface area contributed by atoms with E-state index in [2.05, 4.69) is 14.8 Å². The molecule has 0 unspecified atom stereocenters. The third kappa shape index (κ3) is 5.18. The van der Waals surface area contributed by atoms with Crippen molar-refractivity contribution in [3.63, 3.8) is 0 Å². The van der Waals surface area contributed by atoms with Crippen molar-refractivity contribution in [1.29, 1.82) is 0 Å². The fourth-order valence-electron chi connectivity index (χ4n) is 1.93. The summed E-state index contributed by atoms with van der Waals surface area (Å²) in [4.78, 5) is 23.0. The van der Waals surface area contributed by atoms with Crippen LogP contribution < -0.4 is 10.0 Å². The molecule has 0 radical (unpaired) electrons. The van der Waals surface area contributed by atoms with Crippen molar-refractivity contribution in [3.05, 3.63) is 58.1 Å². The maximum absolute atomic E-state index is 12.2. The lowest BCUT2D eigenvalue weighted by atomic mass is 10.2. The van der Waals surface area contributed by atoms with Gasteiger partial charge < -0.3 is 10.1 Å². The van der Waals surface area contributed by atoms with Crippen LogP contribution >= 0.6 is 23.2 Å². The van der Waals surface area contributed by atoms with Crippen LogP contribution in [0.4, 0.5) is 5.69 Å². The van der Waals surface area contributed by atoms with Gasteiger partial charge in [0.1, 0.15) is 4.90 Å². The first-order chi connectivity index (χ1) is 12.2. The molecule has 10 heteroatoms. The Bertz CT molecular complexity index is 930. The quantitative estimate of drug-likeness (QED) is 0.704. The lowest BCUT2D eigenvalue weighted by Gasteiger charge is -2.09. The van der Waals surface area contributed by atoms with Gasteiger partial charge in [-0.1, -0.05) is 23.2 Å². The molecule has 0 aliphatic heterocycles. The third-order valence-electron chi connectivity index (χ3n) is 3.20. The van der Waals surface area contributed by atoms with Crippen molar-refractivity contribution in [2.75, 3.05) is 19.0 Å². The number of anilines is 1. The van der Waals surface area contributed by atoms with E-state index in [0.717, 1.165) is 0 Å². The van der Waals surface area contributed by atoms with Crippen LogP contribution in [0.3, 0.4) is 0 Å². The molecule has 0 fully saturated rings. The number of carbonyl (C=O) groups excluding carboxylic acids is 2. The standard InChI is InChI=1S/C16H14Cl2N2O5S/c1-25-16(22)10-2-5-12(6-3-10)20-15(21)9-19-26(23,24)14-8-11(17)4-7-13(14)18/h2-8,19H,9H2,1H3,(H,20,21). The molecule has 0 heterocycles. The Labute approximate surface area is 160 Å². The Morgan fingerprint density at radius 1 is 1.08 bits per heavy atom. The second-order valence-electron chi connectivity index (χ2n) is 5.02. The summed E-state index contributed by atoms with van der Waals surface area (Å²) in [6.07, 6.45) is 0. The second-order valence-corrected chi connectivity index (χ2v) is 7.60. The van der Waals surface area contributed by atoms with Gasteiger partial charge in [-0.15, -0.1) is 0 Å². The van der Waals surface area contributed by atoms with Crippen LogP contribution in [0.1, 0.15) is 10.4 Å². The SMILES string of the molecule is COC(=O)c1ccc(NC(=O)CNS(=O)(=O)c2cc(Cl)ccc2Cl)cc1. The lowest BCUT2D eigenvalue weighted by molar-refractivity contribution is -0.115. The van der Waals surface area contributed by atoms with Gasteiger partial charge in [-0.2, -0.15) is 0 Å². The average Bonchev–Trinajstić information content (AvgIpc) is 2.62. The molecule has 0 bridgehead atoms. The number of rotatable bonds is 6. The minimum Gasteiger partial charge on any atom is -0.465 e. The predicted octanol–water partition coefficient (Wildman–Crippen LogP) is 2.70. The van der Waals surface area contributed by atoms with E-state index in [4.69, 9.17) is 23.2 Å². The van der Waals surface area contributed by atoms with Crippen LogP contribution in [0, 0.1) is 0 Å². The molecule has 2 N–H and O–H groups in total. The number of amides is 1. The molecule has 0 atom stereocenters. The van der Waals surface area contributed by atoms with E-state index in [1.165, 1.54) is 49.6 Å². The second kappa shape index (κ2) is 8.50. The predicted molar refractivity (Wildman–Crippen MR) is 98.1 cm³/mol. The van der Waals surface area contributed by atoms with Crippen molar-refractivity contribution in [2.24, 2.45) is 0 Å². The van der Waals surface area contributed by atoms with Crippen LogP contribution in [-0.4, -0.2) is 33.9 Å². The normalized spacial score (nSPS) is 11.0. The molecule has 26 heavy (non-hydrogen) atoms. The molecule has 0 spiro atoms. The number of nitrogens with one attached hydrogen (secondary N) is 2. The Morgan fingerprint density at radius 2 is 1.73 bits per heavy atom. The van der Waals surface area contributed by atoms with E-state index >= 15 is 0 Å². The number of ether oxygens (including phenoxy) is 1. The van der Waals surface area contributed by atoms with Gasteiger partial charge in [-0.25, -0.2) is 17.9 Å². The number of hydrogen-bond acceptors (Lipinski definition) is 5. The largest absolute Gasteiger partial charge is 0.465 e. The molecule has 0 aliphatic rings. The molecule has 2 aromatic carbocycles. The Balaban J connectivity index is 2.00. The first kappa shape index (κ1) is 20.2. The van der Waals surface area contributed by atoms with Crippen molar-refractivity contribution in [2.45, 2.75) is 4.90 Å². The molecule has 0 aromatic heterocycles. The highest BCUT2D eigenvalue weighted by Gasteiger charge is 2.19. The third-order valence-corrected chi connectivity index (χ3v) is 5.31. The lowest BCUT2D eigenvalue weighted by Crippen LogP contribution is -2.33. The van der Waals surface area contributed by atoms with Crippen LogP contribution in [0.15, 0.2) is 47.4 Å². The fourth-order valence-corrected chi connectivity index (χ4v) is 3.68. The minimum atomic E-state index is -4.01. The van der Waals surface area contributed by atoms with Gasteiger partial charge in [0.2, 0.25) is 15.9 Å². The zero-order chi connectivity index (χ0) is 19.3. The molecule has 1 amide bonds. The zero-order valence-corrected chi connectivity index (χ0v) is 15.8. The number of methoxy groups -OCH3 is 1. The van der Waals surface area contributed by atoms with Gasteiger partial charge in [0.05, 0.1) is 24.2 Å². The van der Waals surface area contributed by atoms with Gasteiger partial charge >= 0.3 is 5.97 Å². The first-order valence-corrected chi connectivity index (χ1v) is 9.40. The topological polar surface area (TPSA) is 102 Å². The smallest absolute Gasteiger partial charge is 0.337 e. The number of esters is 1. The van der Waals surface area contributed by atoms with Crippen LogP contribution in [-0.2, 0) is 19.6 Å². The summed E-state index contributed by atoms with van der Waals surface area (Å²) in [7, 11) is -2.75. The van der Waals surface area contributed by atoms with Crippen molar-refractivity contribution < 1.29 is 22.7 Å². The van der Waals surface area contributed by atoms with Crippen LogP contribution in [0.5, 0.6) is 0 Å². The Morgan fingerprint density at radius 3 is 2.35 bits per heavy atom. The highest BCUT2D eigenvalue weighted by molar-refractivity contribution is 7.89. The van der Waals surface area contributed by atoms with Gasteiger partial charge in [0.15, 0.2) is 0 Å². The van der Waals surface area contributed by atoms with E-state index in [1.54, 1.807) is 0 Å². The monoisotopic (exact) mass is 416 g/mol. The molecule has 2 aromatic rings. The van der Waals surface area contributed by atoms with Crippen molar-refractivity contribution in [3.8, 4) is 0 Å². The molecule has 7 nitrogen and oxygen atoms in total. The highest BCUT2D eigenvalue weighted by atomic mass is 35.5. The molecule has 0 aliphatic carbocycles. The van der Waals surface area contributed by atoms with E-state index in [0.29, 0.717) is 11.3 Å². The first-order valence-electron chi connectivity index (χ1n) is 7.16. The summed E-state index contributed by atoms with van der Waals surface area (Å²) in [6, 6.07) is 9.92. The molecule has 138 valence electrons. The number of carbonyl (C=O) groups is 2. The zero-order valence-electron chi connectivity index (χ0n) is 13.5. The summed E-state index contributed by atoms with van der Waals surface area (Å²) in [5.74, 6) is -1.11. The summed E-state index contributed by atoms with van der Waals surface area (Å²) < 4.78 is 31.2. The van der Waals surface area contributed by atoms with Crippen LogP contribution in [0.2, 0.25) is 10.0 Å². The summed E-state index contributed by atoms with van der Waals surface area (Å²) in [5.41, 5.74) is 0.712. The molecular weight excluding hydrogens is 403 g/mol. The fraction of sp³-hybridized carbons (Fsp3) is 0.125. The minimum absolute atomic E-state index is 0.0132. The Kier molecular flexibility index (Phi) is 6.60. The molecule has 2 rings (SSSR count). The van der Waals surface area contributed by atoms with Gasteiger partial charge in [0.25, 0.3) is 0 Å². The van der Waals surface area contributed by atoms with Crippen LogP contribution in [0.25, 0.3) is 0 Å². The Hall–Kier alpha value is -2.13. The van der Waals surface area contributed by atoms with Crippen molar-refractivity contribution in [1.82, 2.24) is 4.72 Å². The number of sulfonamides is 1. The maximum Gasteiger partial charge on any atom is 0.337 e. The number of halogens is 2. The number of benzene rings is 2. The van der Waals surface area contributed by atoms with E-state index < -0.39 is 28.4 Å². The molecule has 0 saturated carbocycles. The van der Waals surface area contributed by atoms with Gasteiger partial charge in [-0.05, 0) is 42.5 Å². The van der Waals surface area contributed by atoms with E-state index in [-0.39, 0.29) is 14.9 Å². The summed E-state index contributed by atoms with van der Waals surface area (Å²) in [6.45, 7) is -0.510. The van der Waals surface area contributed by atoms with Gasteiger partial charge in [-0.3, -0.25) is 4.79 Å².